The molecule has 0 spiro atoms. The number of benzene rings is 1. The zero-order valence-corrected chi connectivity index (χ0v) is 11.5. The number of phenols is 1. The molecule has 1 aromatic rings. The van der Waals surface area contributed by atoms with Gasteiger partial charge in [-0.1, -0.05) is 0 Å². The molecule has 104 valence electrons. The standard InChI is InChI=1S/C14H21N3O2/c1-3-19-13-5-4-12(14(18)10-13)11-15-17-8-6-16(2)7-9-17/h4-5,10-11,18H,3,6-9H2,1-2H3. The molecule has 2 rings (SSSR count). The minimum absolute atomic E-state index is 0.198. The molecule has 19 heavy (non-hydrogen) atoms. The molecule has 1 fully saturated rings. The van der Waals surface area contributed by atoms with Crippen LogP contribution in [0.2, 0.25) is 0 Å². The molecule has 1 aromatic carbocycles. The van der Waals surface area contributed by atoms with Crippen LogP contribution in [0, 0.1) is 0 Å². The highest BCUT2D eigenvalue weighted by Gasteiger charge is 2.11. The molecule has 5 nitrogen and oxygen atoms in total. The van der Waals surface area contributed by atoms with Gasteiger partial charge in [0.15, 0.2) is 0 Å². The van der Waals surface area contributed by atoms with Gasteiger partial charge in [-0.25, -0.2) is 0 Å². The first kappa shape index (κ1) is 13.7. The maximum Gasteiger partial charge on any atom is 0.128 e. The quantitative estimate of drug-likeness (QED) is 0.834. The predicted octanol–water partition coefficient (Wildman–Crippen LogP) is 1.37. The van der Waals surface area contributed by atoms with Crippen molar-refractivity contribution in [3.05, 3.63) is 23.8 Å². The molecular weight excluding hydrogens is 242 g/mol. The number of hydrogen-bond acceptors (Lipinski definition) is 5. The van der Waals surface area contributed by atoms with E-state index in [0.29, 0.717) is 17.9 Å². The summed E-state index contributed by atoms with van der Waals surface area (Å²) in [6.07, 6.45) is 1.70. The highest BCUT2D eigenvalue weighted by molar-refractivity contribution is 5.83. The second kappa shape index (κ2) is 6.43. The van der Waals surface area contributed by atoms with Gasteiger partial charge in [0.1, 0.15) is 11.5 Å². The second-order valence-corrected chi connectivity index (χ2v) is 4.66. The fraction of sp³-hybridized carbons (Fsp3) is 0.500. The smallest absolute Gasteiger partial charge is 0.128 e. The molecular formula is C14H21N3O2. The van der Waals surface area contributed by atoms with E-state index in [4.69, 9.17) is 4.74 Å². The molecule has 0 aromatic heterocycles. The summed E-state index contributed by atoms with van der Waals surface area (Å²) >= 11 is 0. The molecule has 0 radical (unpaired) electrons. The summed E-state index contributed by atoms with van der Waals surface area (Å²) in [7, 11) is 2.11. The van der Waals surface area contributed by atoms with E-state index in [1.54, 1.807) is 12.3 Å². The van der Waals surface area contributed by atoms with Crippen LogP contribution in [0.5, 0.6) is 11.5 Å². The number of hydrogen-bond donors (Lipinski definition) is 1. The van der Waals surface area contributed by atoms with Crippen molar-refractivity contribution >= 4 is 6.21 Å². The molecule has 1 aliphatic heterocycles. The van der Waals surface area contributed by atoms with Crippen LogP contribution in [0.3, 0.4) is 0 Å². The SMILES string of the molecule is CCOc1ccc(C=NN2CCN(C)CC2)c(O)c1. The Morgan fingerprint density at radius 2 is 2.05 bits per heavy atom. The molecule has 0 aliphatic carbocycles. The summed E-state index contributed by atoms with van der Waals surface area (Å²) in [5.74, 6) is 0.876. The summed E-state index contributed by atoms with van der Waals surface area (Å²) in [6.45, 7) is 6.39. The lowest BCUT2D eigenvalue weighted by Crippen LogP contribution is -2.41. The van der Waals surface area contributed by atoms with Gasteiger partial charge in [-0.15, -0.1) is 0 Å². The Morgan fingerprint density at radius 3 is 2.68 bits per heavy atom. The highest BCUT2D eigenvalue weighted by Crippen LogP contribution is 2.22. The first-order valence-corrected chi connectivity index (χ1v) is 6.62. The Bertz CT molecular complexity index is 440. The van der Waals surface area contributed by atoms with Crippen LogP contribution >= 0.6 is 0 Å². The van der Waals surface area contributed by atoms with Gasteiger partial charge in [-0.3, -0.25) is 5.01 Å². The second-order valence-electron chi connectivity index (χ2n) is 4.66. The van der Waals surface area contributed by atoms with Crippen molar-refractivity contribution in [2.24, 2.45) is 5.10 Å². The summed E-state index contributed by atoms with van der Waals surface area (Å²) in [4.78, 5) is 2.28. The molecule has 5 heteroatoms. The van der Waals surface area contributed by atoms with Crippen LogP contribution in [0.25, 0.3) is 0 Å². The van der Waals surface area contributed by atoms with E-state index in [2.05, 4.69) is 17.0 Å². The molecule has 1 saturated heterocycles. The van der Waals surface area contributed by atoms with E-state index in [1.165, 1.54) is 0 Å². The summed E-state index contributed by atoms with van der Waals surface area (Å²) in [5.41, 5.74) is 0.711. The zero-order chi connectivity index (χ0) is 13.7. The van der Waals surface area contributed by atoms with Gasteiger partial charge in [0.25, 0.3) is 0 Å². The van der Waals surface area contributed by atoms with Crippen molar-refractivity contribution in [3.8, 4) is 11.5 Å². The third kappa shape index (κ3) is 3.86. The minimum Gasteiger partial charge on any atom is -0.507 e. The van der Waals surface area contributed by atoms with Crippen LogP contribution in [0.4, 0.5) is 0 Å². The van der Waals surface area contributed by atoms with E-state index in [-0.39, 0.29) is 5.75 Å². The number of phenolic OH excluding ortho intramolecular Hbond substituents is 1. The Morgan fingerprint density at radius 1 is 1.32 bits per heavy atom. The molecule has 1 N–H and O–H groups in total. The fourth-order valence-electron chi connectivity index (χ4n) is 1.94. The molecule has 0 unspecified atom stereocenters. The van der Waals surface area contributed by atoms with Crippen molar-refractivity contribution in [2.45, 2.75) is 6.92 Å². The monoisotopic (exact) mass is 263 g/mol. The third-order valence-corrected chi connectivity index (χ3v) is 3.15. The first-order valence-electron chi connectivity index (χ1n) is 6.62. The predicted molar refractivity (Wildman–Crippen MR) is 75.9 cm³/mol. The largest absolute Gasteiger partial charge is 0.507 e. The summed E-state index contributed by atoms with van der Waals surface area (Å²) in [5, 5.41) is 16.3. The van der Waals surface area contributed by atoms with E-state index >= 15 is 0 Å². The van der Waals surface area contributed by atoms with E-state index in [1.807, 2.05) is 24.1 Å². The zero-order valence-electron chi connectivity index (χ0n) is 11.5. The van der Waals surface area contributed by atoms with Crippen LogP contribution < -0.4 is 4.74 Å². The average Bonchev–Trinajstić information content (AvgIpc) is 2.40. The number of nitrogens with zero attached hydrogens (tertiary/aromatic N) is 3. The molecule has 0 saturated carbocycles. The lowest BCUT2D eigenvalue weighted by Gasteiger charge is -2.30. The molecule has 0 amide bonds. The lowest BCUT2D eigenvalue weighted by atomic mass is 10.2. The molecule has 0 atom stereocenters. The summed E-state index contributed by atoms with van der Waals surface area (Å²) < 4.78 is 5.33. The van der Waals surface area contributed by atoms with Gasteiger partial charge < -0.3 is 14.7 Å². The molecule has 1 aliphatic rings. The van der Waals surface area contributed by atoms with Crippen LogP contribution in [-0.2, 0) is 0 Å². The van der Waals surface area contributed by atoms with Gasteiger partial charge in [0.05, 0.1) is 12.8 Å². The summed E-state index contributed by atoms with van der Waals surface area (Å²) in [6, 6.07) is 5.28. The van der Waals surface area contributed by atoms with Gasteiger partial charge in [-0.05, 0) is 26.1 Å². The van der Waals surface area contributed by atoms with Crippen LogP contribution in [0.1, 0.15) is 12.5 Å². The highest BCUT2D eigenvalue weighted by atomic mass is 16.5. The fourth-order valence-corrected chi connectivity index (χ4v) is 1.94. The number of aromatic hydroxyl groups is 1. The number of piperazine rings is 1. The molecule has 0 bridgehead atoms. The van der Waals surface area contributed by atoms with Crippen molar-refractivity contribution in [3.63, 3.8) is 0 Å². The first-order chi connectivity index (χ1) is 9.19. The van der Waals surface area contributed by atoms with E-state index in [0.717, 1.165) is 26.2 Å². The van der Waals surface area contributed by atoms with Crippen molar-refractivity contribution in [1.82, 2.24) is 9.91 Å². The number of rotatable bonds is 4. The minimum atomic E-state index is 0.198. The Labute approximate surface area is 114 Å². The topological polar surface area (TPSA) is 48.3 Å². The maximum atomic E-state index is 9.89. The Kier molecular flexibility index (Phi) is 4.63. The third-order valence-electron chi connectivity index (χ3n) is 3.15. The van der Waals surface area contributed by atoms with Crippen molar-refractivity contribution < 1.29 is 9.84 Å². The number of ether oxygens (including phenoxy) is 1. The maximum absolute atomic E-state index is 9.89. The van der Waals surface area contributed by atoms with E-state index < -0.39 is 0 Å². The normalized spacial score (nSPS) is 17.1. The van der Waals surface area contributed by atoms with Gasteiger partial charge in [0, 0.05) is 37.8 Å². The average molecular weight is 263 g/mol. The van der Waals surface area contributed by atoms with Crippen molar-refractivity contribution in [1.29, 1.82) is 0 Å². The Hall–Kier alpha value is -1.75. The number of likely N-dealkylation sites (N-methyl/N-ethyl adjacent to an activating group) is 1. The van der Waals surface area contributed by atoms with Gasteiger partial charge in [0.2, 0.25) is 0 Å². The molecule has 1 heterocycles. The number of hydrazone groups is 1. The lowest BCUT2D eigenvalue weighted by molar-refractivity contribution is 0.159. The Balaban J connectivity index is 1.98. The van der Waals surface area contributed by atoms with Crippen LogP contribution in [-0.4, -0.2) is 61.1 Å². The van der Waals surface area contributed by atoms with Crippen LogP contribution in [0.15, 0.2) is 23.3 Å². The van der Waals surface area contributed by atoms with E-state index in [9.17, 15) is 5.11 Å². The van der Waals surface area contributed by atoms with Crippen molar-refractivity contribution in [2.75, 3.05) is 39.8 Å². The van der Waals surface area contributed by atoms with Gasteiger partial charge in [-0.2, -0.15) is 5.10 Å². The van der Waals surface area contributed by atoms with Gasteiger partial charge >= 0.3 is 0 Å².